The molecule has 0 N–H and O–H groups in total. The lowest BCUT2D eigenvalue weighted by atomic mass is 10.1. The molecule has 0 bridgehead atoms. The molecule has 0 aromatic heterocycles. The maximum Gasteiger partial charge on any atom is 0.270 e. The third-order valence-corrected chi connectivity index (χ3v) is 6.83. The second kappa shape index (κ2) is 10.6. The lowest BCUT2D eigenvalue weighted by molar-refractivity contribution is -0.113. The van der Waals surface area contributed by atoms with Gasteiger partial charge in [0.1, 0.15) is 18.2 Å². The molecule has 0 radical (unpaired) electrons. The number of carbonyl (C=O) groups excluding carboxylic acids is 1. The third-order valence-electron chi connectivity index (χ3n) is 4.94. The first-order valence-corrected chi connectivity index (χ1v) is 12.1. The van der Waals surface area contributed by atoms with E-state index in [0.717, 1.165) is 5.56 Å². The van der Waals surface area contributed by atoms with Crippen molar-refractivity contribution in [1.29, 1.82) is 0 Å². The van der Waals surface area contributed by atoms with E-state index in [1.165, 1.54) is 35.9 Å². The van der Waals surface area contributed by atoms with Gasteiger partial charge in [0.15, 0.2) is 15.8 Å². The molecule has 3 aromatic rings. The van der Waals surface area contributed by atoms with Crippen LogP contribution < -0.4 is 19.1 Å². The van der Waals surface area contributed by atoms with Crippen LogP contribution in [0, 0.1) is 5.82 Å². The van der Waals surface area contributed by atoms with Crippen molar-refractivity contribution in [2.75, 3.05) is 19.1 Å². The fourth-order valence-corrected chi connectivity index (χ4v) is 5.25. The van der Waals surface area contributed by atoms with Crippen molar-refractivity contribution >= 4 is 61.9 Å². The van der Waals surface area contributed by atoms with E-state index in [1.807, 2.05) is 18.2 Å². The van der Waals surface area contributed by atoms with Crippen LogP contribution in [0.5, 0.6) is 17.2 Å². The number of hydrogen-bond donors (Lipinski definition) is 0. The van der Waals surface area contributed by atoms with Gasteiger partial charge in [-0.25, -0.2) is 4.39 Å². The van der Waals surface area contributed by atoms with Crippen molar-refractivity contribution < 1.29 is 23.4 Å². The van der Waals surface area contributed by atoms with Gasteiger partial charge >= 0.3 is 0 Å². The summed E-state index contributed by atoms with van der Waals surface area (Å²) in [5.74, 6) is 0.945. The normalized spacial score (nSPS) is 14.6. The van der Waals surface area contributed by atoms with E-state index in [9.17, 15) is 9.18 Å². The number of hydrogen-bond acceptors (Lipinski definition) is 6. The molecule has 1 amide bonds. The Bertz CT molecular complexity index is 1300. The van der Waals surface area contributed by atoms with Crippen LogP contribution in [0.25, 0.3) is 6.08 Å². The third kappa shape index (κ3) is 5.11. The molecule has 1 saturated heterocycles. The van der Waals surface area contributed by atoms with Gasteiger partial charge in [0.05, 0.1) is 29.3 Å². The Morgan fingerprint density at radius 3 is 2.56 bits per heavy atom. The summed E-state index contributed by atoms with van der Waals surface area (Å²) in [6.45, 7) is 0.170. The minimum atomic E-state index is -0.326. The van der Waals surface area contributed by atoms with E-state index in [-0.39, 0.29) is 18.3 Å². The Morgan fingerprint density at radius 1 is 1.06 bits per heavy atom. The van der Waals surface area contributed by atoms with Crippen LogP contribution in [0.4, 0.5) is 10.1 Å². The average molecular weight is 560 g/mol. The highest BCUT2D eigenvalue weighted by atomic mass is 79.9. The number of nitrogens with zero attached hydrogens (tertiary/aromatic N) is 1. The molecule has 0 aliphatic carbocycles. The maximum atomic E-state index is 13.5. The number of anilines is 1. The van der Waals surface area contributed by atoms with Crippen molar-refractivity contribution in [3.05, 3.63) is 87.0 Å². The number of ether oxygens (including phenoxy) is 3. The van der Waals surface area contributed by atoms with Crippen LogP contribution in [0.3, 0.4) is 0 Å². The quantitative estimate of drug-likeness (QED) is 0.240. The molecular formula is C25H19BrFNO4S2. The molecule has 0 unspecified atom stereocenters. The van der Waals surface area contributed by atoms with Gasteiger partial charge in [-0.3, -0.25) is 9.69 Å². The summed E-state index contributed by atoms with van der Waals surface area (Å²) in [6, 6.07) is 17.0. The summed E-state index contributed by atoms with van der Waals surface area (Å²) in [5, 5.41) is 0. The average Bonchev–Trinajstić information content (AvgIpc) is 3.10. The van der Waals surface area contributed by atoms with Crippen molar-refractivity contribution in [3.63, 3.8) is 0 Å². The summed E-state index contributed by atoms with van der Waals surface area (Å²) in [5.41, 5.74) is 2.01. The number of rotatable bonds is 7. The Labute approximate surface area is 214 Å². The van der Waals surface area contributed by atoms with Crippen LogP contribution in [0.1, 0.15) is 11.1 Å². The smallest absolute Gasteiger partial charge is 0.270 e. The van der Waals surface area contributed by atoms with Crippen molar-refractivity contribution in [2.24, 2.45) is 0 Å². The Morgan fingerprint density at radius 2 is 1.82 bits per heavy atom. The molecule has 1 aliphatic heterocycles. The predicted molar refractivity (Wildman–Crippen MR) is 140 cm³/mol. The lowest BCUT2D eigenvalue weighted by Crippen LogP contribution is -2.27. The standard InChI is InChI=1S/C25H19BrFNO4S2/c1-30-20-9-4-3-8-19(20)28-24(29)22(34-25(28)33)13-16-11-18(26)23(21(12-16)31-2)32-14-15-6-5-7-17(27)10-15/h3-13H,14H2,1-2H3/b22-13+. The van der Waals surface area contributed by atoms with Crippen LogP contribution in [0.2, 0.25) is 0 Å². The van der Waals surface area contributed by atoms with E-state index in [2.05, 4.69) is 15.9 Å². The topological polar surface area (TPSA) is 48.0 Å². The maximum absolute atomic E-state index is 13.5. The largest absolute Gasteiger partial charge is 0.495 e. The Hall–Kier alpha value is -2.88. The molecule has 1 fully saturated rings. The number of carbonyl (C=O) groups is 1. The van der Waals surface area contributed by atoms with E-state index in [4.69, 9.17) is 26.4 Å². The molecule has 0 atom stereocenters. The molecule has 0 saturated carbocycles. The second-order valence-corrected chi connectivity index (χ2v) is 9.67. The van der Waals surface area contributed by atoms with Crippen LogP contribution >= 0.6 is 39.9 Å². The summed E-state index contributed by atoms with van der Waals surface area (Å²) < 4.78 is 31.3. The van der Waals surface area contributed by atoms with Gasteiger partial charge in [0.2, 0.25) is 0 Å². The molecule has 3 aromatic carbocycles. The molecule has 0 spiro atoms. The highest BCUT2D eigenvalue weighted by molar-refractivity contribution is 9.10. The molecule has 174 valence electrons. The first-order chi connectivity index (χ1) is 16.4. The number of amides is 1. The minimum Gasteiger partial charge on any atom is -0.495 e. The van der Waals surface area contributed by atoms with Crippen LogP contribution in [-0.4, -0.2) is 24.4 Å². The SMILES string of the molecule is COc1ccccc1N1C(=O)/C(=C\c2cc(Br)c(OCc3cccc(F)c3)c(OC)c2)SC1=S. The summed E-state index contributed by atoms with van der Waals surface area (Å²) >= 11 is 10.2. The number of methoxy groups -OCH3 is 2. The zero-order valence-corrected chi connectivity index (χ0v) is 21.4. The number of thiocarbonyl (C=S) groups is 1. The molecule has 5 nitrogen and oxygen atoms in total. The molecule has 9 heteroatoms. The van der Waals surface area contributed by atoms with E-state index in [0.29, 0.717) is 42.2 Å². The molecule has 1 aliphatic rings. The zero-order chi connectivity index (χ0) is 24.2. The van der Waals surface area contributed by atoms with Crippen molar-refractivity contribution in [2.45, 2.75) is 6.61 Å². The van der Waals surface area contributed by atoms with E-state index < -0.39 is 0 Å². The van der Waals surface area contributed by atoms with Crippen molar-refractivity contribution in [1.82, 2.24) is 0 Å². The number of para-hydroxylation sites is 2. The van der Waals surface area contributed by atoms with Gasteiger partial charge in [-0.15, -0.1) is 0 Å². The zero-order valence-electron chi connectivity index (χ0n) is 18.2. The Balaban J connectivity index is 1.60. The number of benzene rings is 3. The van der Waals surface area contributed by atoms with Gasteiger partial charge in [-0.1, -0.05) is 48.2 Å². The highest BCUT2D eigenvalue weighted by Crippen LogP contribution is 2.42. The van der Waals surface area contributed by atoms with Crippen LogP contribution in [-0.2, 0) is 11.4 Å². The van der Waals surface area contributed by atoms with Crippen LogP contribution in [0.15, 0.2) is 70.0 Å². The number of halogens is 2. The fourth-order valence-electron chi connectivity index (χ4n) is 3.39. The van der Waals surface area contributed by atoms with Gasteiger partial charge in [-0.05, 0) is 69.5 Å². The fraction of sp³-hybridized carbons (Fsp3) is 0.120. The van der Waals surface area contributed by atoms with E-state index in [1.54, 1.807) is 43.5 Å². The predicted octanol–water partition coefficient (Wildman–Crippen LogP) is 6.59. The Kier molecular flexibility index (Phi) is 7.55. The highest BCUT2D eigenvalue weighted by Gasteiger charge is 2.35. The summed E-state index contributed by atoms with van der Waals surface area (Å²) in [4.78, 5) is 15.1. The number of thioether (sulfide) groups is 1. The second-order valence-electron chi connectivity index (χ2n) is 7.14. The van der Waals surface area contributed by atoms with Gasteiger partial charge < -0.3 is 14.2 Å². The van der Waals surface area contributed by atoms with Gasteiger partial charge in [-0.2, -0.15) is 0 Å². The van der Waals surface area contributed by atoms with E-state index >= 15 is 0 Å². The molecular weight excluding hydrogens is 541 g/mol. The first kappa shape index (κ1) is 24.3. The lowest BCUT2D eigenvalue weighted by Gasteiger charge is -2.17. The molecule has 4 rings (SSSR count). The van der Waals surface area contributed by atoms with Crippen molar-refractivity contribution in [3.8, 4) is 17.2 Å². The summed E-state index contributed by atoms with van der Waals surface area (Å²) in [7, 11) is 3.08. The minimum absolute atomic E-state index is 0.170. The molecule has 1 heterocycles. The first-order valence-electron chi connectivity index (χ1n) is 10.1. The van der Waals surface area contributed by atoms with Gasteiger partial charge in [0.25, 0.3) is 5.91 Å². The van der Waals surface area contributed by atoms with Gasteiger partial charge in [0, 0.05) is 0 Å². The summed E-state index contributed by atoms with van der Waals surface area (Å²) in [6.07, 6.45) is 1.75. The monoisotopic (exact) mass is 559 g/mol. The molecule has 34 heavy (non-hydrogen) atoms.